The van der Waals surface area contributed by atoms with E-state index in [2.05, 4.69) is 11.6 Å². The van der Waals surface area contributed by atoms with Crippen molar-refractivity contribution in [2.75, 3.05) is 17.8 Å². The number of sulfone groups is 1. The normalized spacial score (nSPS) is 38.7. The summed E-state index contributed by atoms with van der Waals surface area (Å²) in [6.07, 6.45) is 8.07. The quantitative estimate of drug-likeness (QED) is 0.837. The molecule has 94 valence electrons. The second-order valence-electron chi connectivity index (χ2n) is 4.93. The lowest BCUT2D eigenvalue weighted by Gasteiger charge is -2.33. The van der Waals surface area contributed by atoms with Crippen molar-refractivity contribution >= 4 is 21.6 Å². The van der Waals surface area contributed by atoms with Crippen LogP contribution in [0.15, 0.2) is 0 Å². The molecule has 0 amide bonds. The smallest absolute Gasteiger partial charge is 0.151 e. The monoisotopic (exact) mass is 263 g/mol. The highest BCUT2D eigenvalue weighted by Crippen LogP contribution is 2.28. The molecule has 1 aliphatic carbocycles. The fourth-order valence-electron chi connectivity index (χ4n) is 2.80. The third-order valence-corrected chi connectivity index (χ3v) is 6.63. The largest absolute Gasteiger partial charge is 0.309 e. The van der Waals surface area contributed by atoms with Gasteiger partial charge in [0.2, 0.25) is 0 Å². The first kappa shape index (κ1) is 12.7. The molecule has 1 saturated carbocycles. The Morgan fingerprint density at radius 3 is 2.56 bits per heavy atom. The zero-order valence-corrected chi connectivity index (χ0v) is 11.4. The predicted molar refractivity (Wildman–Crippen MR) is 69.8 cm³/mol. The van der Waals surface area contributed by atoms with E-state index in [1.807, 2.05) is 11.8 Å². The Labute approximate surface area is 103 Å². The van der Waals surface area contributed by atoms with Gasteiger partial charge in [0, 0.05) is 17.3 Å². The van der Waals surface area contributed by atoms with Crippen LogP contribution in [0.2, 0.25) is 0 Å². The summed E-state index contributed by atoms with van der Waals surface area (Å²) in [6, 6.07) is 0.741. The molecular weight excluding hydrogens is 242 g/mol. The minimum Gasteiger partial charge on any atom is -0.309 e. The Morgan fingerprint density at radius 2 is 1.94 bits per heavy atom. The molecule has 16 heavy (non-hydrogen) atoms. The molecule has 1 N–H and O–H groups in total. The maximum absolute atomic E-state index is 11.4. The number of hydrogen-bond acceptors (Lipinski definition) is 4. The van der Waals surface area contributed by atoms with Gasteiger partial charge >= 0.3 is 0 Å². The van der Waals surface area contributed by atoms with Crippen molar-refractivity contribution < 1.29 is 8.42 Å². The summed E-state index contributed by atoms with van der Waals surface area (Å²) in [5, 5.41) is 4.25. The summed E-state index contributed by atoms with van der Waals surface area (Å²) in [5.41, 5.74) is 0. The molecular formula is C11H21NO2S2. The highest BCUT2D eigenvalue weighted by molar-refractivity contribution is 7.99. The molecule has 0 radical (unpaired) electrons. The fourth-order valence-corrected chi connectivity index (χ4v) is 5.43. The highest BCUT2D eigenvalue weighted by atomic mass is 32.2. The average Bonchev–Trinajstić information content (AvgIpc) is 2.59. The van der Waals surface area contributed by atoms with Crippen molar-refractivity contribution in [3.05, 3.63) is 0 Å². The van der Waals surface area contributed by atoms with Gasteiger partial charge in [-0.1, -0.05) is 12.8 Å². The van der Waals surface area contributed by atoms with E-state index in [1.165, 1.54) is 25.7 Å². The molecule has 5 heteroatoms. The van der Waals surface area contributed by atoms with Gasteiger partial charge in [-0.05, 0) is 25.5 Å². The van der Waals surface area contributed by atoms with Gasteiger partial charge in [0.25, 0.3) is 0 Å². The van der Waals surface area contributed by atoms with Gasteiger partial charge in [-0.3, -0.25) is 0 Å². The van der Waals surface area contributed by atoms with Crippen LogP contribution >= 0.6 is 11.8 Å². The van der Waals surface area contributed by atoms with Crippen molar-refractivity contribution in [2.24, 2.45) is 0 Å². The van der Waals surface area contributed by atoms with Crippen molar-refractivity contribution in [1.29, 1.82) is 0 Å². The number of hydrogen-bond donors (Lipinski definition) is 1. The highest BCUT2D eigenvalue weighted by Gasteiger charge is 2.32. The molecule has 1 saturated heterocycles. The summed E-state index contributed by atoms with van der Waals surface area (Å²) in [6.45, 7) is 0. The third kappa shape index (κ3) is 3.14. The first-order valence-electron chi connectivity index (χ1n) is 6.10. The second-order valence-corrected chi connectivity index (χ2v) is 8.24. The second kappa shape index (κ2) is 5.27. The first-order chi connectivity index (χ1) is 7.61. The van der Waals surface area contributed by atoms with E-state index in [9.17, 15) is 8.42 Å². The van der Waals surface area contributed by atoms with Crippen LogP contribution in [-0.4, -0.2) is 43.5 Å². The Hall–Kier alpha value is 0.260. The van der Waals surface area contributed by atoms with Gasteiger partial charge in [-0.25, -0.2) is 8.42 Å². The van der Waals surface area contributed by atoms with E-state index in [1.54, 1.807) is 0 Å². The minimum atomic E-state index is -2.74. The van der Waals surface area contributed by atoms with Crippen LogP contribution in [0.3, 0.4) is 0 Å². The summed E-state index contributed by atoms with van der Waals surface area (Å²) in [5.74, 6) is 0.728. The SMILES string of the molecule is CSC1CCCCC1NC1CCS(=O)(=O)C1. The molecule has 0 aromatic carbocycles. The lowest BCUT2D eigenvalue weighted by molar-refractivity contribution is 0.355. The summed E-state index contributed by atoms with van der Waals surface area (Å²) >= 11 is 1.93. The van der Waals surface area contributed by atoms with E-state index in [0.717, 1.165) is 6.42 Å². The lowest BCUT2D eigenvalue weighted by Crippen LogP contribution is -2.46. The van der Waals surface area contributed by atoms with Crippen molar-refractivity contribution in [1.82, 2.24) is 5.32 Å². The molecule has 0 bridgehead atoms. The van der Waals surface area contributed by atoms with Gasteiger partial charge in [0.15, 0.2) is 9.84 Å². The van der Waals surface area contributed by atoms with E-state index in [4.69, 9.17) is 0 Å². The van der Waals surface area contributed by atoms with E-state index in [-0.39, 0.29) is 6.04 Å². The Morgan fingerprint density at radius 1 is 1.19 bits per heavy atom. The predicted octanol–water partition coefficient (Wildman–Crippen LogP) is 1.44. The number of thioether (sulfide) groups is 1. The van der Waals surface area contributed by atoms with E-state index >= 15 is 0 Å². The maximum Gasteiger partial charge on any atom is 0.151 e. The molecule has 2 rings (SSSR count). The fraction of sp³-hybridized carbons (Fsp3) is 1.00. The van der Waals surface area contributed by atoms with E-state index < -0.39 is 9.84 Å². The standard InChI is InChI=1S/C11H21NO2S2/c1-15-11-5-3-2-4-10(11)12-9-6-7-16(13,14)8-9/h9-12H,2-8H2,1H3. The molecule has 3 nitrogen and oxygen atoms in total. The van der Waals surface area contributed by atoms with Gasteiger partial charge in [0.05, 0.1) is 11.5 Å². The van der Waals surface area contributed by atoms with Crippen LogP contribution < -0.4 is 5.32 Å². The van der Waals surface area contributed by atoms with E-state index in [0.29, 0.717) is 22.8 Å². The molecule has 2 aliphatic rings. The van der Waals surface area contributed by atoms with Crippen molar-refractivity contribution in [3.8, 4) is 0 Å². The average molecular weight is 263 g/mol. The van der Waals surface area contributed by atoms with Crippen LogP contribution in [-0.2, 0) is 9.84 Å². The lowest BCUT2D eigenvalue weighted by atomic mass is 9.94. The molecule has 0 aromatic heterocycles. The Bertz CT molecular complexity index is 329. The molecule has 1 aliphatic heterocycles. The maximum atomic E-state index is 11.4. The molecule has 3 unspecified atom stereocenters. The summed E-state index contributed by atoms with van der Waals surface area (Å²) in [7, 11) is -2.74. The molecule has 2 fully saturated rings. The van der Waals surface area contributed by atoms with Crippen LogP contribution in [0.1, 0.15) is 32.1 Å². The van der Waals surface area contributed by atoms with Gasteiger partial charge in [-0.15, -0.1) is 0 Å². The molecule has 3 atom stereocenters. The van der Waals surface area contributed by atoms with Gasteiger partial charge in [-0.2, -0.15) is 11.8 Å². The van der Waals surface area contributed by atoms with Crippen LogP contribution in [0.5, 0.6) is 0 Å². The third-order valence-electron chi connectivity index (χ3n) is 3.69. The molecule has 0 spiro atoms. The topological polar surface area (TPSA) is 46.2 Å². The van der Waals surface area contributed by atoms with Crippen LogP contribution in [0, 0.1) is 0 Å². The summed E-state index contributed by atoms with van der Waals surface area (Å²) in [4.78, 5) is 0. The van der Waals surface area contributed by atoms with Crippen molar-refractivity contribution in [3.63, 3.8) is 0 Å². The Kier molecular flexibility index (Phi) is 4.19. The number of nitrogens with one attached hydrogen (secondary N) is 1. The van der Waals surface area contributed by atoms with Crippen molar-refractivity contribution in [2.45, 2.75) is 49.4 Å². The van der Waals surface area contributed by atoms with Crippen LogP contribution in [0.25, 0.3) is 0 Å². The molecule has 0 aromatic rings. The first-order valence-corrected chi connectivity index (χ1v) is 9.21. The summed E-state index contributed by atoms with van der Waals surface area (Å²) < 4.78 is 22.8. The number of rotatable bonds is 3. The zero-order chi connectivity index (χ0) is 11.6. The van der Waals surface area contributed by atoms with Gasteiger partial charge in [0.1, 0.15) is 0 Å². The van der Waals surface area contributed by atoms with Crippen LogP contribution in [0.4, 0.5) is 0 Å². The Balaban J connectivity index is 1.88. The minimum absolute atomic E-state index is 0.211. The molecule has 1 heterocycles. The zero-order valence-electron chi connectivity index (χ0n) is 9.81. The van der Waals surface area contributed by atoms with Gasteiger partial charge < -0.3 is 5.32 Å².